The van der Waals surface area contributed by atoms with E-state index in [1.54, 1.807) is 36.2 Å². The van der Waals surface area contributed by atoms with Gasteiger partial charge in [-0.1, -0.05) is 29.3 Å². The third kappa shape index (κ3) is 4.31. The van der Waals surface area contributed by atoms with Gasteiger partial charge in [0, 0.05) is 40.3 Å². The van der Waals surface area contributed by atoms with Gasteiger partial charge in [-0.3, -0.25) is 9.79 Å². The summed E-state index contributed by atoms with van der Waals surface area (Å²) in [6.07, 6.45) is 0.560. The second-order valence-corrected chi connectivity index (χ2v) is 8.28. The molecule has 0 spiro atoms. The van der Waals surface area contributed by atoms with E-state index in [9.17, 15) is 4.79 Å². The summed E-state index contributed by atoms with van der Waals surface area (Å²) in [5.41, 5.74) is 9.99. The van der Waals surface area contributed by atoms with Crippen molar-refractivity contribution in [2.24, 2.45) is 10.7 Å². The first-order valence-corrected chi connectivity index (χ1v) is 10.6. The van der Waals surface area contributed by atoms with Gasteiger partial charge < -0.3 is 15.4 Å². The maximum Gasteiger partial charge on any atom is 0.256 e. The second-order valence-electron chi connectivity index (χ2n) is 6.95. The fraction of sp³-hybridized carbons (Fsp3) is 0.273. The molecule has 0 saturated heterocycles. The molecule has 0 fully saturated rings. The molecular formula is C22H23Cl2N3O2S. The number of ether oxygens (including phenoxy) is 1. The highest BCUT2D eigenvalue weighted by molar-refractivity contribution is 7.80. The van der Waals surface area contributed by atoms with Crippen molar-refractivity contribution in [1.82, 2.24) is 4.90 Å². The molecule has 30 heavy (non-hydrogen) atoms. The number of aliphatic imine (C=N–C) groups is 1. The Kier molecular flexibility index (Phi) is 7.01. The molecule has 3 rings (SSSR count). The smallest absolute Gasteiger partial charge is 0.256 e. The lowest BCUT2D eigenvalue weighted by atomic mass is 9.91. The molecule has 158 valence electrons. The fourth-order valence-electron chi connectivity index (χ4n) is 3.66. The molecule has 2 aromatic carbocycles. The van der Waals surface area contributed by atoms with E-state index in [-0.39, 0.29) is 11.9 Å². The number of carbonyl (C=O) groups excluding carboxylic acids is 1. The van der Waals surface area contributed by atoms with E-state index in [0.717, 1.165) is 21.7 Å². The van der Waals surface area contributed by atoms with Crippen molar-refractivity contribution < 1.29 is 9.53 Å². The van der Waals surface area contributed by atoms with E-state index < -0.39 is 0 Å². The average Bonchev–Trinajstić information content (AvgIpc) is 2.71. The van der Waals surface area contributed by atoms with Gasteiger partial charge in [0.15, 0.2) is 0 Å². The number of halogens is 2. The van der Waals surface area contributed by atoms with Crippen LogP contribution in [0.1, 0.15) is 29.3 Å². The van der Waals surface area contributed by atoms with Gasteiger partial charge in [-0.15, -0.1) is 12.6 Å². The summed E-state index contributed by atoms with van der Waals surface area (Å²) >= 11 is 17.0. The number of rotatable bonds is 4. The maximum absolute atomic E-state index is 13.2. The van der Waals surface area contributed by atoms with Crippen molar-refractivity contribution in [3.05, 3.63) is 68.8 Å². The molecule has 0 radical (unpaired) electrons. The molecule has 1 atom stereocenters. The molecule has 1 aliphatic rings. The molecular weight excluding hydrogens is 441 g/mol. The van der Waals surface area contributed by atoms with Crippen molar-refractivity contribution in [2.75, 3.05) is 20.7 Å². The minimum Gasteiger partial charge on any atom is -0.495 e. The summed E-state index contributed by atoms with van der Waals surface area (Å²) in [6, 6.07) is 10.3. The minimum atomic E-state index is -0.324. The van der Waals surface area contributed by atoms with E-state index in [2.05, 4.69) is 17.6 Å². The molecule has 0 aliphatic carbocycles. The SMILES string of the molecule is CN=C(C1=C(N)C(C)N(C(=O)c2cccc(OC)c2Cl)CC1)c1cc(S)cc(Cl)c1. The summed E-state index contributed by atoms with van der Waals surface area (Å²) < 4.78 is 5.23. The molecule has 5 nitrogen and oxygen atoms in total. The number of nitrogens with zero attached hydrogens (tertiary/aromatic N) is 2. The first-order chi connectivity index (χ1) is 14.3. The first-order valence-electron chi connectivity index (χ1n) is 9.37. The highest BCUT2D eigenvalue weighted by Crippen LogP contribution is 2.32. The summed E-state index contributed by atoms with van der Waals surface area (Å²) in [4.78, 5) is 20.1. The van der Waals surface area contributed by atoms with Crippen molar-refractivity contribution in [3.63, 3.8) is 0 Å². The molecule has 0 saturated carbocycles. The van der Waals surface area contributed by atoms with E-state index in [1.807, 2.05) is 19.1 Å². The number of hydrogen-bond acceptors (Lipinski definition) is 5. The maximum atomic E-state index is 13.2. The van der Waals surface area contributed by atoms with Crippen molar-refractivity contribution >= 4 is 47.4 Å². The monoisotopic (exact) mass is 463 g/mol. The van der Waals surface area contributed by atoms with E-state index in [4.69, 9.17) is 33.7 Å². The van der Waals surface area contributed by atoms with Crippen molar-refractivity contribution in [2.45, 2.75) is 24.3 Å². The Morgan fingerprint density at radius 2 is 2.03 bits per heavy atom. The van der Waals surface area contributed by atoms with E-state index in [1.165, 1.54) is 7.11 Å². The third-order valence-corrected chi connectivity index (χ3v) is 6.07. The zero-order valence-electron chi connectivity index (χ0n) is 16.9. The lowest BCUT2D eigenvalue weighted by molar-refractivity contribution is 0.0706. The highest BCUT2D eigenvalue weighted by Gasteiger charge is 2.32. The van der Waals surface area contributed by atoms with Gasteiger partial charge in [0.25, 0.3) is 5.91 Å². The Morgan fingerprint density at radius 1 is 1.30 bits per heavy atom. The van der Waals surface area contributed by atoms with Crippen LogP contribution in [0.4, 0.5) is 0 Å². The van der Waals surface area contributed by atoms with Crippen LogP contribution in [0.3, 0.4) is 0 Å². The number of hydrogen-bond donors (Lipinski definition) is 2. The Balaban J connectivity index is 1.95. The van der Waals surface area contributed by atoms with Crippen LogP contribution in [0.15, 0.2) is 57.6 Å². The second kappa shape index (κ2) is 9.33. The summed E-state index contributed by atoms with van der Waals surface area (Å²) in [5, 5.41) is 0.868. The zero-order chi connectivity index (χ0) is 22.0. The van der Waals surface area contributed by atoms with Crippen LogP contribution < -0.4 is 10.5 Å². The molecule has 2 N–H and O–H groups in total. The van der Waals surface area contributed by atoms with Crippen LogP contribution in [-0.4, -0.2) is 43.3 Å². The number of nitrogens with two attached hydrogens (primary N) is 1. The van der Waals surface area contributed by atoms with Crippen molar-refractivity contribution in [3.8, 4) is 5.75 Å². The standard InChI is InChI=1S/C22H23Cl2N3O2S/c1-12-20(25)17(21(26-2)13-9-14(23)11-15(30)10-13)7-8-27(12)22(28)16-5-4-6-18(29-3)19(16)24/h4-6,9-12,30H,7-8,25H2,1-3H3. The average molecular weight is 464 g/mol. The lowest BCUT2D eigenvalue weighted by Gasteiger charge is -2.36. The Bertz CT molecular complexity index is 1030. The lowest BCUT2D eigenvalue weighted by Crippen LogP contribution is -2.46. The van der Waals surface area contributed by atoms with Gasteiger partial charge in [0.1, 0.15) is 5.75 Å². The fourth-order valence-corrected chi connectivity index (χ4v) is 4.53. The van der Waals surface area contributed by atoms with Gasteiger partial charge in [0.2, 0.25) is 0 Å². The highest BCUT2D eigenvalue weighted by atomic mass is 35.5. The molecule has 2 aromatic rings. The van der Waals surface area contributed by atoms with Crippen LogP contribution in [0.2, 0.25) is 10.0 Å². The number of thiol groups is 1. The largest absolute Gasteiger partial charge is 0.495 e. The van der Waals surface area contributed by atoms with E-state index >= 15 is 0 Å². The molecule has 0 aromatic heterocycles. The van der Waals surface area contributed by atoms with Crippen LogP contribution >= 0.6 is 35.8 Å². The molecule has 1 unspecified atom stereocenters. The van der Waals surface area contributed by atoms with Gasteiger partial charge >= 0.3 is 0 Å². The summed E-state index contributed by atoms with van der Waals surface area (Å²) in [7, 11) is 3.23. The Hall–Kier alpha value is -2.15. The minimum absolute atomic E-state index is 0.191. The zero-order valence-corrected chi connectivity index (χ0v) is 19.4. The Labute approximate surface area is 191 Å². The molecule has 8 heteroatoms. The van der Waals surface area contributed by atoms with Crippen molar-refractivity contribution in [1.29, 1.82) is 0 Å². The van der Waals surface area contributed by atoms with E-state index in [0.29, 0.717) is 40.0 Å². The van der Waals surface area contributed by atoms with Crippen LogP contribution in [0.25, 0.3) is 0 Å². The topological polar surface area (TPSA) is 67.9 Å². The summed E-state index contributed by atoms with van der Waals surface area (Å²) in [5.74, 6) is 0.268. The quantitative estimate of drug-likeness (QED) is 0.502. The van der Waals surface area contributed by atoms with Gasteiger partial charge in [-0.05, 0) is 43.7 Å². The normalized spacial score (nSPS) is 17.3. The number of amides is 1. The van der Waals surface area contributed by atoms with Gasteiger partial charge in [0.05, 0.1) is 29.4 Å². The third-order valence-electron chi connectivity index (χ3n) is 5.21. The number of benzene rings is 2. The van der Waals surface area contributed by atoms with Gasteiger partial charge in [-0.25, -0.2) is 0 Å². The molecule has 1 heterocycles. The summed E-state index contributed by atoms with van der Waals surface area (Å²) in [6.45, 7) is 2.38. The van der Waals surface area contributed by atoms with Crippen LogP contribution in [0, 0.1) is 0 Å². The number of carbonyl (C=O) groups is 1. The van der Waals surface area contributed by atoms with Crippen LogP contribution in [0.5, 0.6) is 5.75 Å². The van der Waals surface area contributed by atoms with Crippen LogP contribution in [-0.2, 0) is 0 Å². The first kappa shape index (κ1) is 22.5. The number of methoxy groups -OCH3 is 1. The predicted octanol–water partition coefficient (Wildman–Crippen LogP) is 4.86. The predicted molar refractivity (Wildman–Crippen MR) is 125 cm³/mol. The Morgan fingerprint density at radius 3 is 2.67 bits per heavy atom. The molecule has 1 amide bonds. The van der Waals surface area contributed by atoms with Gasteiger partial charge in [-0.2, -0.15) is 0 Å². The molecule has 1 aliphatic heterocycles. The molecule has 0 bridgehead atoms.